The highest BCUT2D eigenvalue weighted by Crippen LogP contribution is 2.14. The first kappa shape index (κ1) is 10.1. The molecule has 1 heterocycles. The van der Waals surface area contributed by atoms with Gasteiger partial charge in [0, 0.05) is 18.7 Å². The van der Waals surface area contributed by atoms with Crippen LogP contribution in [-0.4, -0.2) is 19.2 Å². The fourth-order valence-electron chi connectivity index (χ4n) is 1.37. The highest BCUT2D eigenvalue weighted by molar-refractivity contribution is 5.34. The Hall–Kier alpha value is -1.44. The summed E-state index contributed by atoms with van der Waals surface area (Å²) in [5.41, 5.74) is 0.517. The third-order valence-electron chi connectivity index (χ3n) is 2.42. The van der Waals surface area contributed by atoms with Crippen LogP contribution in [0.1, 0.15) is 11.1 Å². The molecule has 1 aromatic rings. The lowest BCUT2D eigenvalue weighted by molar-refractivity contribution is 0.00636. The van der Waals surface area contributed by atoms with Gasteiger partial charge >= 0.3 is 0 Å². The van der Waals surface area contributed by atoms with E-state index in [1.807, 2.05) is 6.07 Å². The van der Waals surface area contributed by atoms with E-state index in [2.05, 4.69) is 5.32 Å². The second-order valence-corrected chi connectivity index (χ2v) is 3.48. The summed E-state index contributed by atoms with van der Waals surface area (Å²) in [6, 6.07) is 6.58. The van der Waals surface area contributed by atoms with Gasteiger partial charge in [0.1, 0.15) is 11.9 Å². The molecule has 15 heavy (non-hydrogen) atoms. The first-order valence-corrected chi connectivity index (χ1v) is 4.81. The minimum absolute atomic E-state index is 0.0721. The number of nitrogens with zero attached hydrogens (tertiary/aromatic N) is 1. The van der Waals surface area contributed by atoms with Crippen molar-refractivity contribution in [2.24, 2.45) is 0 Å². The number of nitrogens with one attached hydrogen (secondary N) is 1. The molecule has 0 unspecified atom stereocenters. The van der Waals surface area contributed by atoms with Gasteiger partial charge in [-0.15, -0.1) is 0 Å². The molecule has 1 N–H and O–H groups in total. The minimum Gasteiger partial charge on any atom is -0.371 e. The SMILES string of the molecule is N#Cc1cccc(COC2CNC2)c1F. The molecular formula is C11H11FN2O. The number of rotatable bonds is 3. The van der Waals surface area contributed by atoms with Crippen molar-refractivity contribution in [1.29, 1.82) is 5.26 Å². The lowest BCUT2D eigenvalue weighted by atomic mass is 10.1. The lowest BCUT2D eigenvalue weighted by Gasteiger charge is -2.27. The van der Waals surface area contributed by atoms with Crippen molar-refractivity contribution in [3.63, 3.8) is 0 Å². The Kier molecular flexibility index (Phi) is 2.95. The standard InChI is InChI=1S/C11H11FN2O/c12-11-8(4-13)2-1-3-9(11)7-15-10-5-14-6-10/h1-3,10,14H,5-7H2. The van der Waals surface area contributed by atoms with Crippen LogP contribution in [0.25, 0.3) is 0 Å². The highest BCUT2D eigenvalue weighted by atomic mass is 19.1. The van der Waals surface area contributed by atoms with Crippen molar-refractivity contribution < 1.29 is 9.13 Å². The summed E-state index contributed by atoms with van der Waals surface area (Å²) in [7, 11) is 0. The van der Waals surface area contributed by atoms with Gasteiger partial charge in [-0.05, 0) is 6.07 Å². The summed E-state index contributed by atoms with van der Waals surface area (Å²) in [6.45, 7) is 1.87. The fourth-order valence-corrected chi connectivity index (χ4v) is 1.37. The molecule has 0 aromatic heterocycles. The van der Waals surface area contributed by atoms with Gasteiger partial charge in [0.15, 0.2) is 0 Å². The van der Waals surface area contributed by atoms with E-state index in [-0.39, 0.29) is 18.3 Å². The third kappa shape index (κ3) is 2.14. The molecule has 1 saturated heterocycles. The Morgan fingerprint density at radius 1 is 1.53 bits per heavy atom. The van der Waals surface area contributed by atoms with Crippen LogP contribution in [0.4, 0.5) is 4.39 Å². The molecular weight excluding hydrogens is 195 g/mol. The largest absolute Gasteiger partial charge is 0.371 e. The monoisotopic (exact) mass is 206 g/mol. The molecule has 4 heteroatoms. The van der Waals surface area contributed by atoms with Gasteiger partial charge in [-0.25, -0.2) is 4.39 Å². The number of halogens is 1. The Balaban J connectivity index is 2.04. The van der Waals surface area contributed by atoms with Crippen LogP contribution in [0.3, 0.4) is 0 Å². The van der Waals surface area contributed by atoms with Crippen LogP contribution in [0.15, 0.2) is 18.2 Å². The van der Waals surface area contributed by atoms with Gasteiger partial charge in [-0.2, -0.15) is 5.26 Å². The van der Waals surface area contributed by atoms with Crippen molar-refractivity contribution in [2.45, 2.75) is 12.7 Å². The van der Waals surface area contributed by atoms with Gasteiger partial charge in [0.05, 0.1) is 18.3 Å². The van der Waals surface area contributed by atoms with Crippen LogP contribution in [-0.2, 0) is 11.3 Å². The molecule has 1 aliphatic rings. The molecule has 2 rings (SSSR count). The van der Waals surface area contributed by atoms with E-state index in [1.165, 1.54) is 6.07 Å². The van der Waals surface area contributed by atoms with E-state index in [0.717, 1.165) is 13.1 Å². The second-order valence-electron chi connectivity index (χ2n) is 3.48. The lowest BCUT2D eigenvalue weighted by Crippen LogP contribution is -2.48. The zero-order valence-electron chi connectivity index (χ0n) is 8.16. The third-order valence-corrected chi connectivity index (χ3v) is 2.42. The average Bonchev–Trinajstić information content (AvgIpc) is 2.18. The zero-order chi connectivity index (χ0) is 10.7. The molecule has 78 valence electrons. The molecule has 0 aliphatic carbocycles. The first-order valence-electron chi connectivity index (χ1n) is 4.81. The summed E-state index contributed by atoms with van der Waals surface area (Å²) in [5, 5.41) is 11.7. The van der Waals surface area contributed by atoms with Gasteiger partial charge in [-0.1, -0.05) is 12.1 Å². The normalized spacial score (nSPS) is 15.7. The molecule has 1 aromatic carbocycles. The van der Waals surface area contributed by atoms with Crippen LogP contribution >= 0.6 is 0 Å². The smallest absolute Gasteiger partial charge is 0.146 e. The zero-order valence-corrected chi connectivity index (χ0v) is 8.16. The molecule has 0 radical (unpaired) electrons. The molecule has 1 fully saturated rings. The molecule has 0 bridgehead atoms. The predicted octanol–water partition coefficient (Wildman–Crippen LogP) is 1.19. The number of hydrogen-bond acceptors (Lipinski definition) is 3. The maximum atomic E-state index is 13.5. The number of hydrogen-bond donors (Lipinski definition) is 1. The molecule has 0 saturated carbocycles. The Morgan fingerprint density at radius 3 is 2.93 bits per heavy atom. The number of benzene rings is 1. The number of nitriles is 1. The quantitative estimate of drug-likeness (QED) is 0.807. The van der Waals surface area contributed by atoms with Crippen molar-refractivity contribution in [1.82, 2.24) is 5.32 Å². The minimum atomic E-state index is -0.465. The molecule has 0 amide bonds. The first-order chi connectivity index (χ1) is 7.31. The van der Waals surface area contributed by atoms with E-state index in [4.69, 9.17) is 10.00 Å². The van der Waals surface area contributed by atoms with Gasteiger partial charge in [0.25, 0.3) is 0 Å². The Bertz CT molecular complexity index is 396. The van der Waals surface area contributed by atoms with Crippen LogP contribution in [0.2, 0.25) is 0 Å². The van der Waals surface area contributed by atoms with E-state index in [1.54, 1.807) is 12.1 Å². The van der Waals surface area contributed by atoms with Crippen LogP contribution in [0, 0.1) is 17.1 Å². The second kappa shape index (κ2) is 4.39. The molecule has 0 atom stereocenters. The van der Waals surface area contributed by atoms with Crippen molar-refractivity contribution in [3.05, 3.63) is 35.1 Å². The summed E-state index contributed by atoms with van der Waals surface area (Å²) in [4.78, 5) is 0. The number of ether oxygens (including phenoxy) is 1. The summed E-state index contributed by atoms with van der Waals surface area (Å²) >= 11 is 0. The van der Waals surface area contributed by atoms with Gasteiger partial charge in [0.2, 0.25) is 0 Å². The molecule has 1 aliphatic heterocycles. The topological polar surface area (TPSA) is 45.0 Å². The molecule has 3 nitrogen and oxygen atoms in total. The fraction of sp³-hybridized carbons (Fsp3) is 0.364. The molecule has 0 spiro atoms. The average molecular weight is 206 g/mol. The predicted molar refractivity (Wildman–Crippen MR) is 52.6 cm³/mol. The summed E-state index contributed by atoms with van der Waals surface area (Å²) < 4.78 is 19.0. The Labute approximate surface area is 87.5 Å². The van der Waals surface area contributed by atoms with E-state index in [0.29, 0.717) is 5.56 Å². The van der Waals surface area contributed by atoms with Crippen molar-refractivity contribution in [2.75, 3.05) is 13.1 Å². The maximum Gasteiger partial charge on any atom is 0.146 e. The van der Waals surface area contributed by atoms with Crippen molar-refractivity contribution in [3.8, 4) is 6.07 Å². The Morgan fingerprint density at radius 2 is 2.33 bits per heavy atom. The van der Waals surface area contributed by atoms with E-state index in [9.17, 15) is 4.39 Å². The summed E-state index contributed by atoms with van der Waals surface area (Å²) in [5.74, 6) is -0.465. The maximum absolute atomic E-state index is 13.5. The van der Waals surface area contributed by atoms with Crippen LogP contribution < -0.4 is 5.32 Å². The van der Waals surface area contributed by atoms with Gasteiger partial charge < -0.3 is 10.1 Å². The summed E-state index contributed by atoms with van der Waals surface area (Å²) in [6.07, 6.45) is 0.176. The van der Waals surface area contributed by atoms with E-state index < -0.39 is 5.82 Å². The van der Waals surface area contributed by atoms with Crippen molar-refractivity contribution >= 4 is 0 Å². The van der Waals surface area contributed by atoms with Crippen LogP contribution in [0.5, 0.6) is 0 Å². The van der Waals surface area contributed by atoms with E-state index >= 15 is 0 Å². The van der Waals surface area contributed by atoms with Gasteiger partial charge in [-0.3, -0.25) is 0 Å². The highest BCUT2D eigenvalue weighted by Gasteiger charge is 2.18.